The van der Waals surface area contributed by atoms with Crippen molar-refractivity contribution in [3.05, 3.63) is 90.4 Å². The first-order valence-corrected chi connectivity index (χ1v) is 8.36. The fourth-order valence-electron chi connectivity index (χ4n) is 2.91. The predicted octanol–water partition coefficient (Wildman–Crippen LogP) is 4.43. The number of rotatable bonds is 4. The van der Waals surface area contributed by atoms with E-state index in [1.54, 1.807) is 6.20 Å². The van der Waals surface area contributed by atoms with E-state index >= 15 is 0 Å². The molecule has 0 aliphatic heterocycles. The highest BCUT2D eigenvalue weighted by molar-refractivity contribution is 6.05. The molecule has 0 radical (unpaired) electrons. The number of hydrogen-bond donors (Lipinski definition) is 2. The Morgan fingerprint density at radius 2 is 1.88 bits per heavy atom. The van der Waals surface area contributed by atoms with Crippen LogP contribution in [0.5, 0.6) is 0 Å². The van der Waals surface area contributed by atoms with Gasteiger partial charge in [-0.25, -0.2) is 0 Å². The zero-order valence-electron chi connectivity index (χ0n) is 14.3. The van der Waals surface area contributed by atoms with Crippen molar-refractivity contribution in [3.8, 4) is 16.9 Å². The maximum Gasteiger partial charge on any atom is 0.255 e. The van der Waals surface area contributed by atoms with Crippen molar-refractivity contribution in [3.63, 3.8) is 0 Å². The Labute approximate surface area is 151 Å². The lowest BCUT2D eigenvalue weighted by molar-refractivity contribution is 0.102. The van der Waals surface area contributed by atoms with E-state index in [1.165, 1.54) is 0 Å². The molecule has 0 saturated heterocycles. The Kier molecular flexibility index (Phi) is 4.11. The van der Waals surface area contributed by atoms with Crippen LogP contribution in [0.2, 0.25) is 0 Å². The Balaban J connectivity index is 1.59. The van der Waals surface area contributed by atoms with Crippen molar-refractivity contribution < 1.29 is 4.79 Å². The van der Waals surface area contributed by atoms with Gasteiger partial charge in [0.1, 0.15) is 0 Å². The number of carbonyl (C=O) groups excluding carboxylic acids is 1. The highest BCUT2D eigenvalue weighted by Gasteiger charge is 2.10. The molecule has 2 aromatic carbocycles. The molecule has 2 N–H and O–H groups in total. The Hall–Kier alpha value is -3.60. The number of aromatic amines is 1. The zero-order chi connectivity index (χ0) is 17.9. The van der Waals surface area contributed by atoms with Crippen LogP contribution in [0.1, 0.15) is 15.9 Å². The normalized spacial score (nSPS) is 10.7. The number of carbonyl (C=O) groups is 1. The Morgan fingerprint density at radius 1 is 1.04 bits per heavy atom. The third-order valence-corrected chi connectivity index (χ3v) is 4.29. The second-order valence-electron chi connectivity index (χ2n) is 6.10. The molecule has 0 aliphatic rings. The number of aromatic nitrogens is 3. The minimum Gasteiger partial charge on any atom is -0.324 e. The van der Waals surface area contributed by atoms with E-state index in [2.05, 4.69) is 15.5 Å². The van der Waals surface area contributed by atoms with Crippen molar-refractivity contribution in [1.29, 1.82) is 0 Å². The molecule has 0 saturated carbocycles. The average molecular weight is 342 g/mol. The fraction of sp³-hybridized carbons (Fsp3) is 0.0476. The minimum absolute atomic E-state index is 0.139. The van der Waals surface area contributed by atoms with Gasteiger partial charge in [0.25, 0.3) is 5.91 Å². The zero-order valence-corrected chi connectivity index (χ0v) is 14.3. The lowest BCUT2D eigenvalue weighted by Crippen LogP contribution is -2.12. The van der Waals surface area contributed by atoms with E-state index in [0.29, 0.717) is 5.56 Å². The summed E-state index contributed by atoms with van der Waals surface area (Å²) in [5.41, 5.74) is 5.34. The summed E-state index contributed by atoms with van der Waals surface area (Å²) in [7, 11) is 0. The molecule has 0 spiro atoms. The largest absolute Gasteiger partial charge is 0.324 e. The number of anilines is 1. The van der Waals surface area contributed by atoms with Gasteiger partial charge in [-0.2, -0.15) is 5.10 Å². The molecule has 5 heteroatoms. The number of benzene rings is 2. The SMILES string of the molecule is Cc1ccc(C(=O)Nc2cccc(-c3ccn[nH]3)c2)cc1-n1cccc1. The van der Waals surface area contributed by atoms with Gasteiger partial charge in [0.15, 0.2) is 0 Å². The highest BCUT2D eigenvalue weighted by Crippen LogP contribution is 2.22. The molecule has 26 heavy (non-hydrogen) atoms. The van der Waals surface area contributed by atoms with Crippen LogP contribution in [0.15, 0.2) is 79.3 Å². The molecule has 2 aromatic heterocycles. The average Bonchev–Trinajstić information content (AvgIpc) is 3.36. The summed E-state index contributed by atoms with van der Waals surface area (Å²) < 4.78 is 2.00. The van der Waals surface area contributed by atoms with Crippen LogP contribution in [-0.2, 0) is 0 Å². The van der Waals surface area contributed by atoms with Crippen LogP contribution in [-0.4, -0.2) is 20.7 Å². The Bertz CT molecular complexity index is 1030. The Morgan fingerprint density at radius 3 is 2.65 bits per heavy atom. The number of aryl methyl sites for hydroxylation is 1. The van der Waals surface area contributed by atoms with Gasteiger partial charge in [-0.3, -0.25) is 9.89 Å². The van der Waals surface area contributed by atoms with Crippen LogP contribution >= 0.6 is 0 Å². The van der Waals surface area contributed by atoms with E-state index < -0.39 is 0 Å². The first kappa shape index (κ1) is 15.9. The summed E-state index contributed by atoms with van der Waals surface area (Å²) in [4.78, 5) is 12.7. The topological polar surface area (TPSA) is 62.7 Å². The quantitative estimate of drug-likeness (QED) is 0.576. The van der Waals surface area contributed by atoms with Gasteiger partial charge in [-0.05, 0) is 55.0 Å². The molecule has 0 atom stereocenters. The number of amides is 1. The third-order valence-electron chi connectivity index (χ3n) is 4.29. The summed E-state index contributed by atoms with van der Waals surface area (Å²) >= 11 is 0. The van der Waals surface area contributed by atoms with Crippen molar-refractivity contribution in [1.82, 2.24) is 14.8 Å². The fourth-order valence-corrected chi connectivity index (χ4v) is 2.91. The van der Waals surface area contributed by atoms with Crippen LogP contribution in [0.4, 0.5) is 5.69 Å². The molecular formula is C21H18N4O. The van der Waals surface area contributed by atoms with Gasteiger partial charge in [0.2, 0.25) is 0 Å². The molecule has 4 aromatic rings. The first-order chi connectivity index (χ1) is 12.7. The maximum atomic E-state index is 12.7. The highest BCUT2D eigenvalue weighted by atomic mass is 16.1. The van der Waals surface area contributed by atoms with Gasteiger partial charge >= 0.3 is 0 Å². The van der Waals surface area contributed by atoms with Gasteiger partial charge in [0.05, 0.1) is 5.69 Å². The summed E-state index contributed by atoms with van der Waals surface area (Å²) in [5, 5.41) is 9.86. The van der Waals surface area contributed by atoms with Crippen LogP contribution in [0.3, 0.4) is 0 Å². The van der Waals surface area contributed by atoms with Crippen molar-refractivity contribution >= 4 is 11.6 Å². The molecular weight excluding hydrogens is 324 g/mol. The molecule has 5 nitrogen and oxygen atoms in total. The standard InChI is InChI=1S/C21H18N4O/c1-15-7-8-17(14-20(15)25-11-2-3-12-25)21(26)23-18-6-4-5-16(13-18)19-9-10-22-24-19/h2-14H,1H3,(H,22,24)(H,23,26). The number of nitrogens with zero attached hydrogens (tertiary/aromatic N) is 2. The third kappa shape index (κ3) is 3.15. The first-order valence-electron chi connectivity index (χ1n) is 8.36. The number of H-pyrrole nitrogens is 1. The lowest BCUT2D eigenvalue weighted by Gasteiger charge is -2.11. The van der Waals surface area contributed by atoms with Gasteiger partial charge in [-0.15, -0.1) is 0 Å². The van der Waals surface area contributed by atoms with Crippen molar-refractivity contribution in [2.24, 2.45) is 0 Å². The monoisotopic (exact) mass is 342 g/mol. The maximum absolute atomic E-state index is 12.7. The summed E-state index contributed by atoms with van der Waals surface area (Å²) in [5.74, 6) is -0.139. The molecule has 0 bridgehead atoms. The number of nitrogens with one attached hydrogen (secondary N) is 2. The predicted molar refractivity (Wildman–Crippen MR) is 102 cm³/mol. The number of hydrogen-bond acceptors (Lipinski definition) is 2. The summed E-state index contributed by atoms with van der Waals surface area (Å²) in [6, 6.07) is 19.2. The summed E-state index contributed by atoms with van der Waals surface area (Å²) in [6.07, 6.45) is 5.64. The van der Waals surface area contributed by atoms with Crippen molar-refractivity contribution in [2.75, 3.05) is 5.32 Å². The van der Waals surface area contributed by atoms with E-state index in [9.17, 15) is 4.79 Å². The van der Waals surface area contributed by atoms with E-state index in [4.69, 9.17) is 0 Å². The second-order valence-corrected chi connectivity index (χ2v) is 6.10. The molecule has 0 unspecified atom stereocenters. The van der Waals surface area contributed by atoms with E-state index in [-0.39, 0.29) is 5.91 Å². The molecule has 0 fully saturated rings. The van der Waals surface area contributed by atoms with Gasteiger partial charge in [0, 0.05) is 41.1 Å². The minimum atomic E-state index is -0.139. The second kappa shape index (κ2) is 6.72. The van der Waals surface area contributed by atoms with E-state index in [0.717, 1.165) is 28.2 Å². The molecule has 4 rings (SSSR count). The van der Waals surface area contributed by atoms with Crippen LogP contribution in [0, 0.1) is 6.92 Å². The van der Waals surface area contributed by atoms with Gasteiger partial charge in [-0.1, -0.05) is 18.2 Å². The smallest absolute Gasteiger partial charge is 0.255 e. The van der Waals surface area contributed by atoms with Gasteiger partial charge < -0.3 is 9.88 Å². The molecule has 0 aliphatic carbocycles. The van der Waals surface area contributed by atoms with E-state index in [1.807, 2.05) is 84.5 Å². The summed E-state index contributed by atoms with van der Waals surface area (Å²) in [6.45, 7) is 2.03. The lowest BCUT2D eigenvalue weighted by atomic mass is 10.1. The van der Waals surface area contributed by atoms with Crippen molar-refractivity contribution in [2.45, 2.75) is 6.92 Å². The molecule has 2 heterocycles. The molecule has 128 valence electrons. The van der Waals surface area contributed by atoms with Crippen LogP contribution < -0.4 is 5.32 Å². The van der Waals surface area contributed by atoms with Crippen LogP contribution in [0.25, 0.3) is 16.9 Å². The molecule has 1 amide bonds.